The smallest absolute Gasteiger partial charge is 0.0452 e. The second kappa shape index (κ2) is 7.62. The molecule has 0 radical (unpaired) electrons. The molecule has 0 bridgehead atoms. The summed E-state index contributed by atoms with van der Waals surface area (Å²) in [5.41, 5.74) is 7.69. The van der Waals surface area contributed by atoms with Gasteiger partial charge in [-0.2, -0.15) is 0 Å². The molecule has 0 fully saturated rings. The van der Waals surface area contributed by atoms with Crippen LogP contribution in [0.4, 0.5) is 5.69 Å². The van der Waals surface area contributed by atoms with Crippen molar-refractivity contribution in [3.63, 3.8) is 0 Å². The lowest BCUT2D eigenvalue weighted by atomic mass is 10.2. The van der Waals surface area contributed by atoms with Gasteiger partial charge in [0.25, 0.3) is 0 Å². The Morgan fingerprint density at radius 2 is 1.94 bits per heavy atom. The van der Waals surface area contributed by atoms with Crippen molar-refractivity contribution in [1.82, 2.24) is 9.80 Å². The van der Waals surface area contributed by atoms with Crippen LogP contribution in [0.3, 0.4) is 0 Å². The lowest BCUT2D eigenvalue weighted by molar-refractivity contribution is 0.259. The number of benzene rings is 1. The van der Waals surface area contributed by atoms with Crippen molar-refractivity contribution in [2.24, 2.45) is 0 Å². The third kappa shape index (κ3) is 5.25. The number of halogens is 1. The molecule has 1 aromatic carbocycles. The van der Waals surface area contributed by atoms with Crippen LogP contribution in [0, 0.1) is 0 Å². The summed E-state index contributed by atoms with van der Waals surface area (Å²) in [6.07, 6.45) is 1.17. The van der Waals surface area contributed by atoms with Gasteiger partial charge in [-0.05, 0) is 63.9 Å². The fourth-order valence-corrected chi connectivity index (χ4v) is 2.09. The first-order valence-electron chi connectivity index (χ1n) is 6.44. The summed E-state index contributed by atoms with van der Waals surface area (Å²) >= 11 is 6.19. The van der Waals surface area contributed by atoms with E-state index in [0.29, 0.717) is 0 Å². The highest BCUT2D eigenvalue weighted by Crippen LogP contribution is 2.20. The quantitative estimate of drug-likeness (QED) is 0.773. The highest BCUT2D eigenvalue weighted by Gasteiger charge is 2.07. The zero-order chi connectivity index (χ0) is 13.5. The Morgan fingerprint density at radius 1 is 1.22 bits per heavy atom. The normalized spacial score (nSPS) is 11.4. The molecule has 0 spiro atoms. The van der Waals surface area contributed by atoms with E-state index >= 15 is 0 Å². The van der Waals surface area contributed by atoms with Crippen LogP contribution in [0.1, 0.15) is 18.9 Å². The molecule has 0 aliphatic rings. The van der Waals surface area contributed by atoms with Crippen molar-refractivity contribution in [2.45, 2.75) is 19.9 Å². The third-order valence-electron chi connectivity index (χ3n) is 2.99. The van der Waals surface area contributed by atoms with Crippen LogP contribution in [-0.4, -0.2) is 43.5 Å². The minimum atomic E-state index is 0.777. The number of rotatable bonds is 7. The van der Waals surface area contributed by atoms with Gasteiger partial charge >= 0.3 is 0 Å². The molecule has 0 unspecified atom stereocenters. The Balaban J connectivity index is 2.54. The van der Waals surface area contributed by atoms with E-state index < -0.39 is 0 Å². The van der Waals surface area contributed by atoms with Gasteiger partial charge in [0.05, 0.1) is 0 Å². The van der Waals surface area contributed by atoms with Crippen LogP contribution in [0.25, 0.3) is 0 Å². The molecule has 102 valence electrons. The van der Waals surface area contributed by atoms with Crippen LogP contribution in [0.15, 0.2) is 18.2 Å². The van der Waals surface area contributed by atoms with Crippen LogP contribution in [0.2, 0.25) is 5.02 Å². The van der Waals surface area contributed by atoms with Gasteiger partial charge in [0, 0.05) is 17.3 Å². The number of nitrogens with zero attached hydrogens (tertiary/aromatic N) is 2. The molecule has 4 heteroatoms. The molecular formula is C14H24ClN3. The largest absolute Gasteiger partial charge is 0.399 e. The van der Waals surface area contributed by atoms with E-state index in [4.69, 9.17) is 17.3 Å². The van der Waals surface area contributed by atoms with E-state index in [1.54, 1.807) is 0 Å². The topological polar surface area (TPSA) is 32.5 Å². The highest BCUT2D eigenvalue weighted by molar-refractivity contribution is 6.31. The molecule has 0 aliphatic heterocycles. The molecule has 18 heavy (non-hydrogen) atoms. The predicted octanol–water partition coefficient (Wildman–Crippen LogP) is 2.70. The van der Waals surface area contributed by atoms with E-state index in [2.05, 4.69) is 30.8 Å². The van der Waals surface area contributed by atoms with Gasteiger partial charge in [-0.1, -0.05) is 18.5 Å². The van der Waals surface area contributed by atoms with Crippen LogP contribution in [-0.2, 0) is 6.54 Å². The Morgan fingerprint density at radius 3 is 2.56 bits per heavy atom. The highest BCUT2D eigenvalue weighted by atomic mass is 35.5. The molecule has 0 saturated carbocycles. The lowest BCUT2D eigenvalue weighted by Gasteiger charge is -2.22. The zero-order valence-corrected chi connectivity index (χ0v) is 12.4. The summed E-state index contributed by atoms with van der Waals surface area (Å²) < 4.78 is 0. The molecule has 0 heterocycles. The maximum absolute atomic E-state index is 6.19. The summed E-state index contributed by atoms with van der Waals surface area (Å²) in [5.74, 6) is 0. The van der Waals surface area contributed by atoms with Crippen molar-refractivity contribution in [3.8, 4) is 0 Å². The van der Waals surface area contributed by atoms with Crippen LogP contribution >= 0.6 is 11.6 Å². The van der Waals surface area contributed by atoms with Crippen molar-refractivity contribution in [1.29, 1.82) is 0 Å². The standard InChI is InChI=1S/C14H24ClN3/c1-4-18(9-5-8-17(2)3)11-12-10-13(16)6-7-14(12)15/h6-7,10H,4-5,8-9,11,16H2,1-3H3. The SMILES string of the molecule is CCN(CCCN(C)C)Cc1cc(N)ccc1Cl. The summed E-state index contributed by atoms with van der Waals surface area (Å²) in [6, 6.07) is 5.69. The van der Waals surface area contributed by atoms with Gasteiger partial charge in [0.1, 0.15) is 0 Å². The molecule has 2 N–H and O–H groups in total. The first-order valence-corrected chi connectivity index (χ1v) is 6.81. The van der Waals surface area contributed by atoms with E-state index in [-0.39, 0.29) is 0 Å². The van der Waals surface area contributed by atoms with E-state index in [1.807, 2.05) is 18.2 Å². The molecule has 0 atom stereocenters. The fourth-order valence-electron chi connectivity index (χ4n) is 1.92. The molecule has 0 aliphatic carbocycles. The van der Waals surface area contributed by atoms with Crippen molar-refractivity contribution in [2.75, 3.05) is 39.5 Å². The fraction of sp³-hybridized carbons (Fsp3) is 0.571. The molecule has 0 amide bonds. The van der Waals surface area contributed by atoms with Gasteiger partial charge in [-0.15, -0.1) is 0 Å². The van der Waals surface area contributed by atoms with E-state index in [0.717, 1.165) is 42.5 Å². The minimum absolute atomic E-state index is 0.777. The van der Waals surface area contributed by atoms with Gasteiger partial charge in [0.15, 0.2) is 0 Å². The summed E-state index contributed by atoms with van der Waals surface area (Å²) in [6.45, 7) is 6.27. The molecule has 0 aromatic heterocycles. The maximum Gasteiger partial charge on any atom is 0.0452 e. The van der Waals surface area contributed by atoms with E-state index in [1.165, 1.54) is 6.42 Å². The van der Waals surface area contributed by atoms with Gasteiger partial charge < -0.3 is 10.6 Å². The van der Waals surface area contributed by atoms with Gasteiger partial charge in [-0.3, -0.25) is 4.90 Å². The van der Waals surface area contributed by atoms with Crippen LogP contribution < -0.4 is 5.73 Å². The van der Waals surface area contributed by atoms with Gasteiger partial charge in [0.2, 0.25) is 0 Å². The summed E-state index contributed by atoms with van der Waals surface area (Å²) in [7, 11) is 4.20. The summed E-state index contributed by atoms with van der Waals surface area (Å²) in [4.78, 5) is 4.60. The summed E-state index contributed by atoms with van der Waals surface area (Å²) in [5, 5.41) is 0.801. The minimum Gasteiger partial charge on any atom is -0.399 e. The molecule has 0 saturated heterocycles. The van der Waals surface area contributed by atoms with E-state index in [9.17, 15) is 0 Å². The second-order valence-corrected chi connectivity index (χ2v) is 5.28. The predicted molar refractivity (Wildman–Crippen MR) is 80.0 cm³/mol. The molecule has 1 aromatic rings. The maximum atomic E-state index is 6.19. The van der Waals surface area contributed by atoms with Gasteiger partial charge in [-0.25, -0.2) is 0 Å². The van der Waals surface area contributed by atoms with Crippen LogP contribution in [0.5, 0.6) is 0 Å². The second-order valence-electron chi connectivity index (χ2n) is 4.88. The number of nitrogens with two attached hydrogens (primary N) is 1. The third-order valence-corrected chi connectivity index (χ3v) is 3.36. The first-order chi connectivity index (χ1) is 8.52. The average molecular weight is 270 g/mol. The first kappa shape index (κ1) is 15.3. The number of hydrogen-bond donors (Lipinski definition) is 1. The Labute approximate surface area is 116 Å². The lowest BCUT2D eigenvalue weighted by Crippen LogP contribution is -2.27. The Bertz CT molecular complexity index is 366. The number of hydrogen-bond acceptors (Lipinski definition) is 3. The average Bonchev–Trinajstić information content (AvgIpc) is 2.32. The number of anilines is 1. The Kier molecular flexibility index (Phi) is 6.47. The van der Waals surface area contributed by atoms with Crippen molar-refractivity contribution in [3.05, 3.63) is 28.8 Å². The zero-order valence-electron chi connectivity index (χ0n) is 11.6. The Hall–Kier alpha value is -0.770. The van der Waals surface area contributed by atoms with Crippen molar-refractivity contribution < 1.29 is 0 Å². The monoisotopic (exact) mass is 269 g/mol. The molecule has 1 rings (SSSR count). The number of nitrogen functional groups attached to an aromatic ring is 1. The van der Waals surface area contributed by atoms with Crippen molar-refractivity contribution >= 4 is 17.3 Å². The molecular weight excluding hydrogens is 246 g/mol. The molecule has 3 nitrogen and oxygen atoms in total.